The summed E-state index contributed by atoms with van der Waals surface area (Å²) in [7, 11) is 1.70. The summed E-state index contributed by atoms with van der Waals surface area (Å²) in [4.78, 5) is 37.3. The molecule has 3 aromatic heterocycles. The van der Waals surface area contributed by atoms with Gasteiger partial charge in [0, 0.05) is 18.3 Å². The third-order valence-corrected chi connectivity index (χ3v) is 6.91. The van der Waals surface area contributed by atoms with Crippen molar-refractivity contribution in [3.8, 4) is 10.6 Å². The lowest BCUT2D eigenvalue weighted by molar-refractivity contribution is 0.0630. The van der Waals surface area contributed by atoms with Crippen LogP contribution in [-0.2, 0) is 6.54 Å². The topological polar surface area (TPSA) is 140 Å². The number of carbonyl (C=O) groups excluding carboxylic acids is 2. The summed E-state index contributed by atoms with van der Waals surface area (Å²) in [5.74, 6) is 0.233. The first kappa shape index (κ1) is 25.2. The zero-order valence-corrected chi connectivity index (χ0v) is 21.8. The molecule has 5 rings (SSSR count). The number of imidazole rings is 1. The Balaban J connectivity index is 1.46. The third kappa shape index (κ3) is 5.15. The number of hydrogen-bond donors (Lipinski definition) is 3. The van der Waals surface area contributed by atoms with Gasteiger partial charge in [-0.3, -0.25) is 14.9 Å². The molecule has 0 bridgehead atoms. The summed E-state index contributed by atoms with van der Waals surface area (Å²) < 4.78 is 7.10. The number of amides is 2. The van der Waals surface area contributed by atoms with Gasteiger partial charge in [-0.05, 0) is 56.3 Å². The van der Waals surface area contributed by atoms with Crippen LogP contribution in [0.3, 0.4) is 0 Å². The molecule has 0 aliphatic rings. The van der Waals surface area contributed by atoms with Gasteiger partial charge in [-0.2, -0.15) is 0 Å². The normalized spacial score (nSPS) is 11.6. The fraction of sp³-hybridized carbons (Fsp3) is 0.185. The van der Waals surface area contributed by atoms with Crippen LogP contribution in [0.2, 0.25) is 0 Å². The molecule has 0 atom stereocenters. The Morgan fingerprint density at radius 1 is 1.16 bits per heavy atom. The molecule has 38 heavy (non-hydrogen) atoms. The first-order chi connectivity index (χ1) is 18.1. The van der Waals surface area contributed by atoms with Crippen molar-refractivity contribution in [3.05, 3.63) is 77.3 Å². The summed E-state index contributed by atoms with van der Waals surface area (Å²) in [5.41, 5.74) is 6.97. The number of oxazole rings is 1. The molecular weight excluding hydrogens is 504 g/mol. The molecule has 4 N–H and O–H groups in total. The fourth-order valence-electron chi connectivity index (χ4n) is 4.02. The molecular formula is C27H26N6O4S. The second-order valence-corrected chi connectivity index (χ2v) is 10.5. The quantitative estimate of drug-likeness (QED) is 0.279. The molecule has 2 aromatic carbocycles. The van der Waals surface area contributed by atoms with Crippen molar-refractivity contribution in [2.45, 2.75) is 26.0 Å². The van der Waals surface area contributed by atoms with Crippen LogP contribution < -0.4 is 16.0 Å². The summed E-state index contributed by atoms with van der Waals surface area (Å²) >= 11 is 1.23. The highest BCUT2D eigenvalue weighted by Gasteiger charge is 2.23. The van der Waals surface area contributed by atoms with Crippen LogP contribution >= 0.6 is 11.3 Å². The number of hydrogen-bond acceptors (Lipinski definition) is 8. The van der Waals surface area contributed by atoms with E-state index in [1.54, 1.807) is 60.7 Å². The van der Waals surface area contributed by atoms with Crippen LogP contribution in [0.5, 0.6) is 0 Å². The maximum atomic E-state index is 13.1. The Morgan fingerprint density at radius 3 is 2.61 bits per heavy atom. The van der Waals surface area contributed by atoms with E-state index >= 15 is 0 Å². The molecule has 0 aliphatic heterocycles. The zero-order chi connectivity index (χ0) is 27.0. The van der Waals surface area contributed by atoms with Crippen molar-refractivity contribution < 1.29 is 19.1 Å². The lowest BCUT2D eigenvalue weighted by Gasteiger charge is -2.20. The molecule has 0 fully saturated rings. The summed E-state index contributed by atoms with van der Waals surface area (Å²) in [6.45, 7) is 3.55. The SMILES string of the molecule is CN(C(=O)c1ccccc1)c1ccc2c(c1)nc(NC(=O)c1ccc(-c3cnc(N)o3)s1)n2CC(C)(C)O. The molecule has 0 unspecified atom stereocenters. The predicted molar refractivity (Wildman–Crippen MR) is 147 cm³/mol. The number of benzene rings is 2. The van der Waals surface area contributed by atoms with Gasteiger partial charge in [0.05, 0.1) is 39.1 Å². The van der Waals surface area contributed by atoms with Gasteiger partial charge in [0.25, 0.3) is 17.8 Å². The van der Waals surface area contributed by atoms with E-state index in [1.165, 1.54) is 17.5 Å². The first-order valence-electron chi connectivity index (χ1n) is 11.8. The van der Waals surface area contributed by atoms with E-state index in [0.29, 0.717) is 37.8 Å². The maximum Gasteiger partial charge on any atom is 0.292 e. The molecule has 11 heteroatoms. The van der Waals surface area contributed by atoms with Gasteiger partial charge in [0.2, 0.25) is 5.95 Å². The van der Waals surface area contributed by atoms with Gasteiger partial charge >= 0.3 is 0 Å². The highest BCUT2D eigenvalue weighted by atomic mass is 32.1. The number of nitrogen functional groups attached to an aromatic ring is 1. The average molecular weight is 531 g/mol. The van der Waals surface area contributed by atoms with E-state index in [-0.39, 0.29) is 30.3 Å². The van der Waals surface area contributed by atoms with E-state index < -0.39 is 5.60 Å². The molecule has 0 radical (unpaired) electrons. The molecule has 0 saturated heterocycles. The minimum atomic E-state index is -1.08. The lowest BCUT2D eigenvalue weighted by atomic mass is 10.1. The minimum Gasteiger partial charge on any atom is -0.423 e. The Labute approximate surface area is 222 Å². The number of nitrogens with two attached hydrogens (primary N) is 1. The Hall–Kier alpha value is -4.48. The monoisotopic (exact) mass is 530 g/mol. The van der Waals surface area contributed by atoms with Crippen molar-refractivity contribution >= 4 is 51.8 Å². The molecule has 2 amide bonds. The third-order valence-electron chi connectivity index (χ3n) is 5.81. The van der Waals surface area contributed by atoms with Gasteiger partial charge in [-0.25, -0.2) is 9.97 Å². The van der Waals surface area contributed by atoms with E-state index in [4.69, 9.17) is 10.2 Å². The van der Waals surface area contributed by atoms with Crippen LogP contribution in [0, 0.1) is 0 Å². The number of thiophene rings is 1. The average Bonchev–Trinajstić information content (AvgIpc) is 3.62. The van der Waals surface area contributed by atoms with Crippen molar-refractivity contribution in [2.24, 2.45) is 0 Å². The second kappa shape index (κ2) is 9.77. The fourth-order valence-corrected chi connectivity index (χ4v) is 4.87. The zero-order valence-electron chi connectivity index (χ0n) is 21.0. The standard InChI is InChI=1S/C27H26N6O4S/c1-27(2,36)15-33-19-10-9-17(32(3)24(35)16-7-5-4-6-8-16)13-18(19)30-26(33)31-23(34)22-12-11-21(38-22)20-14-29-25(28)37-20/h4-14,36H,15H2,1-3H3,(H2,28,29)(H,30,31,34). The minimum absolute atomic E-state index is 0.0511. The van der Waals surface area contributed by atoms with Gasteiger partial charge in [-0.15, -0.1) is 11.3 Å². The number of nitrogens with one attached hydrogen (secondary N) is 1. The maximum absolute atomic E-state index is 13.1. The lowest BCUT2D eigenvalue weighted by Crippen LogP contribution is -2.27. The van der Waals surface area contributed by atoms with Gasteiger partial charge < -0.3 is 24.7 Å². The highest BCUT2D eigenvalue weighted by molar-refractivity contribution is 7.17. The van der Waals surface area contributed by atoms with Crippen LogP contribution in [0.1, 0.15) is 33.9 Å². The molecule has 10 nitrogen and oxygen atoms in total. The van der Waals surface area contributed by atoms with Gasteiger partial charge in [0.1, 0.15) is 0 Å². The molecule has 3 heterocycles. The first-order valence-corrected chi connectivity index (χ1v) is 12.6. The van der Waals surface area contributed by atoms with Crippen LogP contribution in [0.4, 0.5) is 17.7 Å². The summed E-state index contributed by atoms with van der Waals surface area (Å²) in [5, 5.41) is 13.4. The Bertz CT molecular complexity index is 1630. The van der Waals surface area contributed by atoms with E-state index in [0.717, 1.165) is 0 Å². The number of aromatic nitrogens is 3. The van der Waals surface area contributed by atoms with E-state index in [1.807, 2.05) is 30.3 Å². The van der Waals surface area contributed by atoms with Crippen molar-refractivity contribution in [2.75, 3.05) is 23.0 Å². The van der Waals surface area contributed by atoms with Crippen molar-refractivity contribution in [1.29, 1.82) is 0 Å². The smallest absolute Gasteiger partial charge is 0.292 e. The molecule has 0 spiro atoms. The Kier molecular flexibility index (Phi) is 6.47. The largest absolute Gasteiger partial charge is 0.423 e. The molecule has 194 valence electrons. The van der Waals surface area contributed by atoms with Crippen LogP contribution in [0.25, 0.3) is 21.7 Å². The number of aliphatic hydroxyl groups is 1. The number of fused-ring (bicyclic) bond motifs is 1. The van der Waals surface area contributed by atoms with E-state index in [2.05, 4.69) is 15.3 Å². The second-order valence-electron chi connectivity index (χ2n) is 9.42. The number of rotatable bonds is 7. The van der Waals surface area contributed by atoms with Gasteiger partial charge in [0.15, 0.2) is 5.76 Å². The highest BCUT2D eigenvalue weighted by Crippen LogP contribution is 2.31. The molecule has 0 aliphatic carbocycles. The van der Waals surface area contributed by atoms with Crippen molar-refractivity contribution in [3.63, 3.8) is 0 Å². The number of nitrogens with zero attached hydrogens (tertiary/aromatic N) is 4. The summed E-state index contributed by atoms with van der Waals surface area (Å²) in [6, 6.07) is 17.9. The predicted octanol–water partition coefficient (Wildman–Crippen LogP) is 4.63. The molecule has 5 aromatic rings. The van der Waals surface area contributed by atoms with Gasteiger partial charge in [-0.1, -0.05) is 18.2 Å². The number of carbonyl (C=O) groups is 2. The number of anilines is 3. The summed E-state index contributed by atoms with van der Waals surface area (Å²) in [6.07, 6.45) is 1.50. The molecule has 0 saturated carbocycles. The van der Waals surface area contributed by atoms with Crippen molar-refractivity contribution in [1.82, 2.24) is 14.5 Å². The van der Waals surface area contributed by atoms with Crippen LogP contribution in [-0.4, -0.2) is 44.1 Å². The Morgan fingerprint density at radius 2 is 1.92 bits per heavy atom. The van der Waals surface area contributed by atoms with Crippen LogP contribution in [0.15, 0.2) is 71.3 Å². The van der Waals surface area contributed by atoms with E-state index in [9.17, 15) is 14.7 Å².